The van der Waals surface area contributed by atoms with Gasteiger partial charge in [0, 0.05) is 16.3 Å². The van der Waals surface area contributed by atoms with E-state index in [1.165, 1.54) is 22.1 Å². The monoisotopic (exact) mass is 484 g/mol. The fraction of sp³-hybridized carbons (Fsp3) is 0.156. The molecule has 6 rings (SSSR count). The normalized spacial score (nSPS) is 11.4. The first-order valence-corrected chi connectivity index (χ1v) is 12.4. The lowest BCUT2D eigenvalue weighted by Crippen LogP contribution is -2.05. The van der Waals surface area contributed by atoms with Crippen LogP contribution in [0.1, 0.15) is 22.5 Å². The summed E-state index contributed by atoms with van der Waals surface area (Å²) in [5.41, 5.74) is 10.4. The molecule has 0 atom stereocenters. The molecule has 4 aromatic carbocycles. The molecule has 0 aliphatic heterocycles. The van der Waals surface area contributed by atoms with Crippen molar-refractivity contribution < 1.29 is 4.74 Å². The number of nitrogens with zero attached hydrogens (tertiary/aromatic N) is 4. The second-order valence-electron chi connectivity index (χ2n) is 9.53. The largest absolute Gasteiger partial charge is 0.497 e. The third kappa shape index (κ3) is 3.75. The Hall–Kier alpha value is -4.51. The van der Waals surface area contributed by atoms with Gasteiger partial charge in [-0.2, -0.15) is 0 Å². The molecule has 2 aromatic heterocycles. The van der Waals surface area contributed by atoms with Gasteiger partial charge >= 0.3 is 0 Å². The highest BCUT2D eigenvalue weighted by molar-refractivity contribution is 6.11. The van der Waals surface area contributed by atoms with Crippen molar-refractivity contribution in [1.29, 1.82) is 0 Å². The van der Waals surface area contributed by atoms with Gasteiger partial charge in [-0.3, -0.25) is 0 Å². The van der Waals surface area contributed by atoms with Gasteiger partial charge in [-0.15, -0.1) is 0 Å². The quantitative estimate of drug-likeness (QED) is 0.259. The third-order valence-electron chi connectivity index (χ3n) is 7.15. The number of hydrogen-bond donors (Lipinski definition) is 0. The molecule has 0 unspecified atom stereocenters. The SMILES string of the molecule is COc1ccc2c(c1)c1cc(-c3ccccc3)ccc1n2-c1c(C)cc(C)c(-c2ncnc(C)n2)c1C. The minimum atomic E-state index is 0.706. The van der Waals surface area contributed by atoms with E-state index in [0.717, 1.165) is 44.5 Å². The highest BCUT2D eigenvalue weighted by Gasteiger charge is 2.21. The van der Waals surface area contributed by atoms with E-state index in [4.69, 9.17) is 4.74 Å². The van der Waals surface area contributed by atoms with Crippen LogP contribution in [0.2, 0.25) is 0 Å². The van der Waals surface area contributed by atoms with Gasteiger partial charge in [-0.05, 0) is 85.8 Å². The minimum absolute atomic E-state index is 0.706. The van der Waals surface area contributed by atoms with Crippen molar-refractivity contribution in [2.75, 3.05) is 7.11 Å². The van der Waals surface area contributed by atoms with Crippen LogP contribution < -0.4 is 4.74 Å². The Bertz CT molecular complexity index is 1800. The molecule has 0 bridgehead atoms. The standard InChI is InChI=1S/C32H28N4O/c1-19-15-20(2)31(21(3)30(19)32-34-18-33-22(4)35-32)36-28-13-11-24(23-9-7-6-8-10-23)16-26(28)27-17-25(37-5)12-14-29(27)36/h6-18H,1-5H3. The second kappa shape index (κ2) is 8.86. The molecule has 0 N–H and O–H groups in total. The van der Waals surface area contributed by atoms with Crippen molar-refractivity contribution in [3.8, 4) is 34.0 Å². The van der Waals surface area contributed by atoms with Crippen LogP contribution in [0.25, 0.3) is 50.0 Å². The first-order valence-electron chi connectivity index (χ1n) is 12.4. The number of rotatable bonds is 4. The van der Waals surface area contributed by atoms with Crippen LogP contribution in [0.3, 0.4) is 0 Å². The summed E-state index contributed by atoms with van der Waals surface area (Å²) in [5.74, 6) is 2.26. The fourth-order valence-corrected chi connectivity index (χ4v) is 5.54. The molecule has 5 nitrogen and oxygen atoms in total. The molecule has 0 fully saturated rings. The minimum Gasteiger partial charge on any atom is -0.497 e. The summed E-state index contributed by atoms with van der Waals surface area (Å²) in [7, 11) is 1.72. The predicted octanol–water partition coefficient (Wildman–Crippen LogP) is 7.54. The zero-order valence-electron chi connectivity index (χ0n) is 21.7. The van der Waals surface area contributed by atoms with Crippen LogP contribution in [0.15, 0.2) is 79.1 Å². The van der Waals surface area contributed by atoms with Gasteiger partial charge < -0.3 is 9.30 Å². The molecule has 0 saturated heterocycles. The molecule has 182 valence electrons. The fourth-order valence-electron chi connectivity index (χ4n) is 5.54. The summed E-state index contributed by atoms with van der Waals surface area (Å²) in [6, 6.07) is 25.8. The molecular formula is C32H28N4O. The second-order valence-corrected chi connectivity index (χ2v) is 9.53. The van der Waals surface area contributed by atoms with Crippen molar-refractivity contribution in [2.45, 2.75) is 27.7 Å². The van der Waals surface area contributed by atoms with Gasteiger partial charge in [0.15, 0.2) is 5.82 Å². The maximum absolute atomic E-state index is 5.62. The highest BCUT2D eigenvalue weighted by Crippen LogP contribution is 2.40. The topological polar surface area (TPSA) is 52.8 Å². The Morgan fingerprint density at radius 2 is 1.43 bits per heavy atom. The Kier molecular flexibility index (Phi) is 5.49. The van der Waals surface area contributed by atoms with Gasteiger partial charge in [0.05, 0.1) is 23.8 Å². The van der Waals surface area contributed by atoms with Crippen molar-refractivity contribution >= 4 is 21.8 Å². The summed E-state index contributed by atoms with van der Waals surface area (Å²) in [6.45, 7) is 8.37. The molecule has 0 radical (unpaired) electrons. The van der Waals surface area contributed by atoms with Gasteiger partial charge in [0.1, 0.15) is 17.9 Å². The van der Waals surface area contributed by atoms with E-state index < -0.39 is 0 Å². The van der Waals surface area contributed by atoms with Gasteiger partial charge in [0.2, 0.25) is 0 Å². The Morgan fingerprint density at radius 3 is 2.16 bits per heavy atom. The van der Waals surface area contributed by atoms with Crippen LogP contribution in [-0.4, -0.2) is 26.6 Å². The van der Waals surface area contributed by atoms with Crippen LogP contribution in [-0.2, 0) is 0 Å². The van der Waals surface area contributed by atoms with Crippen LogP contribution >= 0.6 is 0 Å². The lowest BCUT2D eigenvalue weighted by molar-refractivity contribution is 0.415. The maximum atomic E-state index is 5.62. The van der Waals surface area contributed by atoms with E-state index in [2.05, 4.69) is 101 Å². The van der Waals surface area contributed by atoms with E-state index in [-0.39, 0.29) is 0 Å². The van der Waals surface area contributed by atoms with E-state index in [1.807, 2.05) is 19.1 Å². The average molecular weight is 485 g/mol. The summed E-state index contributed by atoms with van der Waals surface area (Å²) in [5, 5.41) is 2.34. The zero-order valence-corrected chi connectivity index (χ0v) is 21.7. The van der Waals surface area contributed by atoms with Gasteiger partial charge in [0.25, 0.3) is 0 Å². The average Bonchev–Trinajstić information content (AvgIpc) is 3.22. The Morgan fingerprint density at radius 1 is 0.703 bits per heavy atom. The number of hydrogen-bond acceptors (Lipinski definition) is 4. The first-order chi connectivity index (χ1) is 18.0. The van der Waals surface area contributed by atoms with Crippen LogP contribution in [0.4, 0.5) is 0 Å². The number of ether oxygens (including phenoxy) is 1. The van der Waals surface area contributed by atoms with Crippen molar-refractivity contribution in [2.24, 2.45) is 0 Å². The Labute approximate surface area is 216 Å². The molecule has 6 aromatic rings. The molecule has 5 heteroatoms. The molecule has 0 spiro atoms. The summed E-state index contributed by atoms with van der Waals surface area (Å²) in [4.78, 5) is 13.4. The van der Waals surface area contributed by atoms with Gasteiger partial charge in [-0.1, -0.05) is 42.5 Å². The molecular weight excluding hydrogens is 456 g/mol. The number of fused-ring (bicyclic) bond motifs is 3. The van der Waals surface area contributed by atoms with Crippen LogP contribution in [0, 0.1) is 27.7 Å². The van der Waals surface area contributed by atoms with Crippen molar-refractivity contribution in [3.63, 3.8) is 0 Å². The van der Waals surface area contributed by atoms with Crippen LogP contribution in [0.5, 0.6) is 5.75 Å². The third-order valence-corrected chi connectivity index (χ3v) is 7.15. The van der Waals surface area contributed by atoms with E-state index >= 15 is 0 Å². The van der Waals surface area contributed by atoms with E-state index in [9.17, 15) is 0 Å². The number of methoxy groups -OCH3 is 1. The maximum Gasteiger partial charge on any atom is 0.163 e. The Balaban J connectivity index is 1.70. The molecule has 0 aliphatic rings. The molecule has 37 heavy (non-hydrogen) atoms. The lowest BCUT2D eigenvalue weighted by atomic mass is 9.96. The van der Waals surface area contributed by atoms with E-state index in [0.29, 0.717) is 11.6 Å². The predicted molar refractivity (Wildman–Crippen MR) is 151 cm³/mol. The van der Waals surface area contributed by atoms with Crippen molar-refractivity contribution in [3.05, 3.63) is 102 Å². The highest BCUT2D eigenvalue weighted by atomic mass is 16.5. The lowest BCUT2D eigenvalue weighted by Gasteiger charge is -2.19. The molecule has 0 saturated carbocycles. The smallest absolute Gasteiger partial charge is 0.163 e. The zero-order chi connectivity index (χ0) is 25.7. The molecule has 0 amide bonds. The number of benzene rings is 4. The number of aromatic nitrogens is 4. The first kappa shape index (κ1) is 22.9. The summed E-state index contributed by atoms with van der Waals surface area (Å²) < 4.78 is 8.00. The summed E-state index contributed by atoms with van der Waals surface area (Å²) in [6.07, 6.45) is 1.59. The molecule has 0 aliphatic carbocycles. The summed E-state index contributed by atoms with van der Waals surface area (Å²) >= 11 is 0. The molecule has 2 heterocycles. The van der Waals surface area contributed by atoms with Crippen molar-refractivity contribution in [1.82, 2.24) is 19.5 Å². The van der Waals surface area contributed by atoms with E-state index in [1.54, 1.807) is 13.4 Å². The van der Waals surface area contributed by atoms with Gasteiger partial charge in [-0.25, -0.2) is 15.0 Å². The number of aryl methyl sites for hydroxylation is 3.